The molecule has 1 fully saturated rings. The molecule has 0 unspecified atom stereocenters. The summed E-state index contributed by atoms with van der Waals surface area (Å²) in [6.45, 7) is 5.98. The van der Waals surface area contributed by atoms with Gasteiger partial charge in [-0.2, -0.15) is 0 Å². The van der Waals surface area contributed by atoms with Gasteiger partial charge in [-0.15, -0.1) is 12.4 Å². The second-order valence-corrected chi connectivity index (χ2v) is 5.06. The minimum Gasteiger partial charge on any atom is -0.480 e. The van der Waals surface area contributed by atoms with E-state index in [0.29, 0.717) is 13.0 Å². The maximum atomic E-state index is 11.8. The summed E-state index contributed by atoms with van der Waals surface area (Å²) in [5, 5.41) is 8.71. The summed E-state index contributed by atoms with van der Waals surface area (Å²) in [4.78, 5) is 24.1. The molecule has 1 rings (SSSR count). The van der Waals surface area contributed by atoms with Crippen molar-refractivity contribution in [2.24, 2.45) is 0 Å². The number of halogens is 1. The molecule has 100 valence electrons. The first kappa shape index (κ1) is 16.2. The van der Waals surface area contributed by atoms with Crippen molar-refractivity contribution < 1.29 is 19.4 Å². The SMILES string of the molecule is CC(C)(C)OC(=O)[C@@H]1CCCN1CC(=O)O.Cl. The van der Waals surface area contributed by atoms with Crippen LogP contribution in [0.1, 0.15) is 33.6 Å². The van der Waals surface area contributed by atoms with Crippen molar-refractivity contribution in [3.05, 3.63) is 0 Å². The van der Waals surface area contributed by atoms with E-state index < -0.39 is 17.6 Å². The summed E-state index contributed by atoms with van der Waals surface area (Å²) in [6, 6.07) is -0.393. The number of nitrogens with zero attached hydrogens (tertiary/aromatic N) is 1. The lowest BCUT2D eigenvalue weighted by atomic mass is 10.1. The number of esters is 1. The Labute approximate surface area is 108 Å². The standard InChI is InChI=1S/C11H19NO4.ClH/c1-11(2,3)16-10(15)8-5-4-6-12(8)7-9(13)14;/h8H,4-7H2,1-3H3,(H,13,14);1H/t8-;/m0./s1. The highest BCUT2D eigenvalue weighted by Gasteiger charge is 2.34. The molecule has 1 aliphatic heterocycles. The Balaban J connectivity index is 0.00000256. The van der Waals surface area contributed by atoms with E-state index in [-0.39, 0.29) is 24.9 Å². The molecule has 1 N–H and O–H groups in total. The number of carboxylic acid groups (broad SMARTS) is 1. The molecule has 1 heterocycles. The predicted molar refractivity (Wildman–Crippen MR) is 65.3 cm³/mol. The van der Waals surface area contributed by atoms with Gasteiger partial charge in [0.1, 0.15) is 11.6 Å². The molecule has 1 saturated heterocycles. The van der Waals surface area contributed by atoms with E-state index in [9.17, 15) is 9.59 Å². The molecule has 0 aliphatic carbocycles. The molecule has 0 aromatic rings. The third-order valence-corrected chi connectivity index (χ3v) is 2.38. The third-order valence-electron chi connectivity index (χ3n) is 2.38. The first-order valence-corrected chi connectivity index (χ1v) is 5.48. The Bertz CT molecular complexity index is 288. The van der Waals surface area contributed by atoms with E-state index in [1.807, 2.05) is 0 Å². The highest BCUT2D eigenvalue weighted by molar-refractivity contribution is 5.85. The molecule has 0 aromatic carbocycles. The Morgan fingerprint density at radius 3 is 2.47 bits per heavy atom. The predicted octanol–water partition coefficient (Wildman–Crippen LogP) is 1.30. The number of carbonyl (C=O) groups is 2. The number of aliphatic carboxylic acids is 1. The normalized spacial score (nSPS) is 20.8. The van der Waals surface area contributed by atoms with E-state index in [4.69, 9.17) is 9.84 Å². The van der Waals surface area contributed by atoms with Gasteiger partial charge in [-0.1, -0.05) is 0 Å². The Morgan fingerprint density at radius 1 is 1.41 bits per heavy atom. The van der Waals surface area contributed by atoms with Gasteiger partial charge in [-0.3, -0.25) is 14.5 Å². The van der Waals surface area contributed by atoms with Gasteiger partial charge in [0.2, 0.25) is 0 Å². The third kappa shape index (κ3) is 5.37. The zero-order chi connectivity index (χ0) is 12.3. The van der Waals surface area contributed by atoms with E-state index in [1.165, 1.54) is 0 Å². The number of likely N-dealkylation sites (tertiary alicyclic amines) is 1. The van der Waals surface area contributed by atoms with Crippen LogP contribution in [-0.2, 0) is 14.3 Å². The summed E-state index contributed by atoms with van der Waals surface area (Å²) in [5.74, 6) is -1.22. The molecule has 6 heteroatoms. The second-order valence-electron chi connectivity index (χ2n) is 5.06. The fourth-order valence-corrected chi connectivity index (χ4v) is 1.83. The zero-order valence-corrected chi connectivity index (χ0v) is 11.2. The van der Waals surface area contributed by atoms with Crippen molar-refractivity contribution >= 4 is 24.3 Å². The van der Waals surface area contributed by atoms with E-state index in [2.05, 4.69) is 0 Å². The average molecular weight is 266 g/mol. The van der Waals surface area contributed by atoms with Crippen LogP contribution in [0.4, 0.5) is 0 Å². The second kappa shape index (κ2) is 6.21. The van der Waals surface area contributed by atoms with E-state index >= 15 is 0 Å². The Morgan fingerprint density at radius 2 is 2.00 bits per heavy atom. The quantitative estimate of drug-likeness (QED) is 0.779. The molecule has 1 atom stereocenters. The van der Waals surface area contributed by atoms with Crippen LogP contribution < -0.4 is 0 Å². The molecule has 0 spiro atoms. The molecule has 17 heavy (non-hydrogen) atoms. The van der Waals surface area contributed by atoms with Crippen molar-refractivity contribution in [2.45, 2.75) is 45.3 Å². The monoisotopic (exact) mass is 265 g/mol. The van der Waals surface area contributed by atoms with Gasteiger partial charge in [-0.05, 0) is 40.2 Å². The Kier molecular flexibility index (Phi) is 5.92. The summed E-state index contributed by atoms with van der Waals surface area (Å²) in [7, 11) is 0. The molecule has 0 saturated carbocycles. The number of carbonyl (C=O) groups excluding carboxylic acids is 1. The Hall–Kier alpha value is -0.810. The molecule has 0 amide bonds. The van der Waals surface area contributed by atoms with Crippen LogP contribution in [0.2, 0.25) is 0 Å². The summed E-state index contributed by atoms with van der Waals surface area (Å²) in [6.07, 6.45) is 1.53. The van der Waals surface area contributed by atoms with Crippen LogP contribution in [-0.4, -0.2) is 46.7 Å². The maximum Gasteiger partial charge on any atom is 0.323 e. The number of rotatable bonds is 3. The summed E-state index contributed by atoms with van der Waals surface area (Å²) in [5.41, 5.74) is -0.519. The number of carboxylic acids is 1. The highest BCUT2D eigenvalue weighted by Crippen LogP contribution is 2.20. The maximum absolute atomic E-state index is 11.8. The van der Waals surface area contributed by atoms with Crippen LogP contribution in [0.3, 0.4) is 0 Å². The zero-order valence-electron chi connectivity index (χ0n) is 10.4. The van der Waals surface area contributed by atoms with Crippen molar-refractivity contribution in [2.75, 3.05) is 13.1 Å². The fraction of sp³-hybridized carbons (Fsp3) is 0.818. The molecular formula is C11H20ClNO4. The van der Waals surface area contributed by atoms with Crippen LogP contribution in [0.15, 0.2) is 0 Å². The van der Waals surface area contributed by atoms with E-state index in [0.717, 1.165) is 6.42 Å². The molecule has 0 aromatic heterocycles. The smallest absolute Gasteiger partial charge is 0.323 e. The molecule has 1 aliphatic rings. The fourth-order valence-electron chi connectivity index (χ4n) is 1.83. The highest BCUT2D eigenvalue weighted by atomic mass is 35.5. The lowest BCUT2D eigenvalue weighted by molar-refractivity contribution is -0.160. The van der Waals surface area contributed by atoms with Gasteiger partial charge >= 0.3 is 11.9 Å². The van der Waals surface area contributed by atoms with Crippen LogP contribution in [0, 0.1) is 0 Å². The first-order valence-electron chi connectivity index (χ1n) is 5.48. The van der Waals surface area contributed by atoms with Crippen LogP contribution >= 0.6 is 12.4 Å². The largest absolute Gasteiger partial charge is 0.480 e. The topological polar surface area (TPSA) is 66.8 Å². The number of ether oxygens (including phenoxy) is 1. The van der Waals surface area contributed by atoms with Gasteiger partial charge in [-0.25, -0.2) is 0 Å². The van der Waals surface area contributed by atoms with Crippen LogP contribution in [0.5, 0.6) is 0 Å². The van der Waals surface area contributed by atoms with Crippen molar-refractivity contribution in [3.63, 3.8) is 0 Å². The van der Waals surface area contributed by atoms with Crippen molar-refractivity contribution in [1.29, 1.82) is 0 Å². The molecule has 5 nitrogen and oxygen atoms in total. The number of hydrogen-bond acceptors (Lipinski definition) is 4. The summed E-state index contributed by atoms with van der Waals surface area (Å²) >= 11 is 0. The lowest BCUT2D eigenvalue weighted by Crippen LogP contribution is -2.42. The van der Waals surface area contributed by atoms with Crippen molar-refractivity contribution in [1.82, 2.24) is 4.90 Å². The van der Waals surface area contributed by atoms with Crippen LogP contribution in [0.25, 0.3) is 0 Å². The van der Waals surface area contributed by atoms with E-state index in [1.54, 1.807) is 25.7 Å². The number of hydrogen-bond donors (Lipinski definition) is 1. The lowest BCUT2D eigenvalue weighted by Gasteiger charge is -2.26. The average Bonchev–Trinajstić information content (AvgIpc) is 2.47. The van der Waals surface area contributed by atoms with Gasteiger partial charge in [0, 0.05) is 0 Å². The first-order chi connectivity index (χ1) is 7.29. The molecule has 0 bridgehead atoms. The molecular weight excluding hydrogens is 246 g/mol. The van der Waals surface area contributed by atoms with Gasteiger partial charge in [0.15, 0.2) is 0 Å². The minimum atomic E-state index is -0.907. The minimum absolute atomic E-state index is 0. The van der Waals surface area contributed by atoms with Gasteiger partial charge < -0.3 is 9.84 Å². The van der Waals surface area contributed by atoms with Gasteiger partial charge in [0.25, 0.3) is 0 Å². The van der Waals surface area contributed by atoms with Crippen molar-refractivity contribution in [3.8, 4) is 0 Å². The van der Waals surface area contributed by atoms with Gasteiger partial charge in [0.05, 0.1) is 6.54 Å². The molecule has 0 radical (unpaired) electrons. The summed E-state index contributed by atoms with van der Waals surface area (Å²) < 4.78 is 5.26.